The van der Waals surface area contributed by atoms with Crippen LogP contribution in [0, 0.1) is 0 Å². The summed E-state index contributed by atoms with van der Waals surface area (Å²) in [5.74, 6) is 0. The minimum Gasteiger partial charge on any atom is -0.412 e. The van der Waals surface area contributed by atoms with Gasteiger partial charge in [-0.05, 0) is 0 Å². The Morgan fingerprint density at radius 3 is 0.500 bits per heavy atom. The van der Waals surface area contributed by atoms with E-state index in [1.807, 2.05) is 0 Å². The molecule has 0 spiro atoms. The second-order valence-electron chi connectivity index (χ2n) is 0. The van der Waals surface area contributed by atoms with Gasteiger partial charge in [-0.2, -0.15) is 0 Å². The van der Waals surface area contributed by atoms with Gasteiger partial charge in [0.15, 0.2) is 34.7 Å². The van der Waals surface area contributed by atoms with Gasteiger partial charge in [0.25, 0.3) is 0 Å². The summed E-state index contributed by atoms with van der Waals surface area (Å²) in [4.78, 5) is 0. The molecule has 0 bridgehead atoms. The Kier molecular flexibility index (Phi) is 1370. The van der Waals surface area contributed by atoms with E-state index in [-0.39, 0.29) is 114 Å². The van der Waals surface area contributed by atoms with Crippen molar-refractivity contribution in [2.24, 2.45) is 0 Å². The molecule has 0 rings (SSSR count). The van der Waals surface area contributed by atoms with Gasteiger partial charge in [-0.3, -0.25) is 0 Å². The van der Waals surface area contributed by atoms with Crippen molar-refractivity contribution >= 4 is 34.7 Å². The fourth-order valence-corrected chi connectivity index (χ4v) is 0. The molecule has 0 amide bonds. The molecule has 0 saturated carbocycles. The summed E-state index contributed by atoms with van der Waals surface area (Å²) in [6, 6.07) is 0. The third kappa shape index (κ3) is 63.8. The molecule has 0 heterocycles. The molecule has 3 nitrogen and oxygen atoms in total. The molecule has 6 N–H and O–H groups in total. The van der Waals surface area contributed by atoms with Gasteiger partial charge in [0.1, 0.15) is 0 Å². The first-order valence-electron chi connectivity index (χ1n) is 0. The quantitative estimate of drug-likeness (QED) is 0.305. The second-order valence-corrected chi connectivity index (χ2v) is 0. The van der Waals surface area contributed by atoms with Crippen molar-refractivity contribution in [2.45, 2.75) is 0 Å². The average Bonchev–Trinajstić information content (AvgIpc) is 0. The maximum Gasteiger partial charge on any atom is 0.187 e. The van der Waals surface area contributed by atoms with Crippen LogP contribution in [0.4, 0.5) is 0 Å². The van der Waals surface area contributed by atoms with Crippen molar-refractivity contribution in [1.82, 2.24) is 0 Å². The largest absolute Gasteiger partial charge is 0.412 e. The molecular weight excluding hydrogens is 478 g/mol. The molecule has 54 valence electrons. The molecule has 0 atom stereocenters. The van der Waals surface area contributed by atoms with Crippen molar-refractivity contribution in [1.29, 1.82) is 0 Å². The van der Waals surface area contributed by atoms with Crippen LogP contribution in [0.15, 0.2) is 0 Å². The Labute approximate surface area is 113 Å². The van der Waals surface area contributed by atoms with E-state index in [1.165, 1.54) is 0 Å². The van der Waals surface area contributed by atoms with Crippen LogP contribution in [0.5, 0.6) is 0 Å². The number of hydrogen-bond acceptors (Lipinski definition) is 0. The van der Waals surface area contributed by atoms with Gasteiger partial charge in [0, 0.05) is 63.2 Å². The molecular formula is H12Al2Mo2O3W. The van der Waals surface area contributed by atoms with Gasteiger partial charge in [-0.15, -0.1) is 0 Å². The first-order chi connectivity index (χ1) is 0. The van der Waals surface area contributed by atoms with E-state index >= 15 is 0 Å². The van der Waals surface area contributed by atoms with Gasteiger partial charge in [0.2, 0.25) is 0 Å². The first-order valence-corrected chi connectivity index (χ1v) is 0. The monoisotopic (exact) mass is 494 g/mol. The Morgan fingerprint density at radius 1 is 0.500 bits per heavy atom. The van der Waals surface area contributed by atoms with Crippen LogP contribution < -0.4 is 0 Å². The molecule has 8 heavy (non-hydrogen) atoms. The van der Waals surface area contributed by atoms with Gasteiger partial charge in [0.05, 0.1) is 0 Å². The normalized spacial score (nSPS) is 0. The van der Waals surface area contributed by atoms with Gasteiger partial charge < -0.3 is 16.4 Å². The van der Waals surface area contributed by atoms with Crippen molar-refractivity contribution in [3.8, 4) is 0 Å². The minimum absolute atomic E-state index is 0. The summed E-state index contributed by atoms with van der Waals surface area (Å²) >= 11 is 0. The zero-order valence-corrected chi connectivity index (χ0v) is 9.67. The summed E-state index contributed by atoms with van der Waals surface area (Å²) in [6.07, 6.45) is 0. The summed E-state index contributed by atoms with van der Waals surface area (Å²) in [6.45, 7) is 0. The van der Waals surface area contributed by atoms with Crippen molar-refractivity contribution in [3.63, 3.8) is 0 Å². The summed E-state index contributed by atoms with van der Waals surface area (Å²) < 4.78 is 0. The van der Waals surface area contributed by atoms with Crippen LogP contribution in [0.25, 0.3) is 0 Å². The Hall–Kier alpha value is 3.01. The van der Waals surface area contributed by atoms with Gasteiger partial charge >= 0.3 is 0 Å². The zero-order chi connectivity index (χ0) is 0. The second kappa shape index (κ2) is 89.7. The van der Waals surface area contributed by atoms with Crippen LogP contribution in [0.2, 0.25) is 0 Å². The van der Waals surface area contributed by atoms with E-state index in [0.717, 1.165) is 0 Å². The van der Waals surface area contributed by atoms with E-state index in [4.69, 9.17) is 0 Å². The van der Waals surface area contributed by atoms with Crippen LogP contribution in [-0.4, -0.2) is 51.2 Å². The third-order valence-electron chi connectivity index (χ3n) is 0. The summed E-state index contributed by atoms with van der Waals surface area (Å²) in [7, 11) is 0. The molecule has 0 aliphatic heterocycles. The van der Waals surface area contributed by atoms with Crippen LogP contribution in [0.1, 0.15) is 0 Å². The van der Waals surface area contributed by atoms with Crippen LogP contribution in [-0.2, 0) is 63.2 Å². The average molecular weight is 490 g/mol. The van der Waals surface area contributed by atoms with E-state index < -0.39 is 0 Å². The molecule has 0 aliphatic rings. The first kappa shape index (κ1) is 122. The fourth-order valence-electron chi connectivity index (χ4n) is 0. The molecule has 0 aromatic carbocycles. The molecule has 0 aromatic heterocycles. The van der Waals surface area contributed by atoms with E-state index in [2.05, 4.69) is 0 Å². The maximum atomic E-state index is 0. The topological polar surface area (TPSA) is 94.5 Å². The van der Waals surface area contributed by atoms with Crippen LogP contribution >= 0.6 is 0 Å². The smallest absolute Gasteiger partial charge is 0.187 e. The van der Waals surface area contributed by atoms with Gasteiger partial charge in [-0.25, -0.2) is 0 Å². The third-order valence-corrected chi connectivity index (χ3v) is 0. The Balaban J connectivity index is 0. The number of hydrogen-bond donors (Lipinski definition) is 0. The molecule has 0 fully saturated rings. The predicted molar refractivity (Wildman–Crippen MR) is 30.7 cm³/mol. The molecule has 0 radical (unpaired) electrons. The van der Waals surface area contributed by atoms with Crippen molar-refractivity contribution in [2.75, 3.05) is 0 Å². The number of rotatable bonds is 0. The maximum absolute atomic E-state index is 0. The van der Waals surface area contributed by atoms with Gasteiger partial charge in [-0.1, -0.05) is 0 Å². The van der Waals surface area contributed by atoms with Crippen molar-refractivity contribution < 1.29 is 79.6 Å². The molecule has 0 saturated heterocycles. The Morgan fingerprint density at radius 2 is 0.500 bits per heavy atom. The molecule has 8 heteroatoms. The molecule has 0 aromatic rings. The SMILES string of the molecule is O.O.O.[AlH3].[AlH3].[Mo].[Mo].[W]. The van der Waals surface area contributed by atoms with Crippen LogP contribution in [0.3, 0.4) is 0 Å². The molecule has 0 unspecified atom stereocenters. The Bertz CT molecular complexity index is 15.2. The standard InChI is InChI=1S/2Al.2Mo.3H2O.W.6H/h;;;;3*1H2;;;;;;;. The predicted octanol–water partition coefficient (Wildman–Crippen LogP) is -4.85. The molecule has 0 aliphatic carbocycles. The fraction of sp³-hybridized carbons (Fsp3) is 0. The zero-order valence-electron chi connectivity index (χ0n) is 2.72. The van der Waals surface area contributed by atoms with Crippen molar-refractivity contribution in [3.05, 3.63) is 0 Å². The van der Waals surface area contributed by atoms with E-state index in [9.17, 15) is 0 Å². The summed E-state index contributed by atoms with van der Waals surface area (Å²) in [5, 5.41) is 0. The van der Waals surface area contributed by atoms with E-state index in [0.29, 0.717) is 0 Å². The van der Waals surface area contributed by atoms with E-state index in [1.54, 1.807) is 0 Å². The minimum atomic E-state index is 0. The summed E-state index contributed by atoms with van der Waals surface area (Å²) in [5.41, 5.74) is 0.